The number of methoxy groups -OCH3 is 2. The average Bonchev–Trinajstić information content (AvgIpc) is 3.26. The third kappa shape index (κ3) is 5.91. The number of hydrogen-bond donors (Lipinski definition) is 0. The average molecular weight is 752 g/mol. The van der Waals surface area contributed by atoms with Gasteiger partial charge in [0.25, 0.3) is 0 Å². The van der Waals surface area contributed by atoms with Crippen LogP contribution in [0.4, 0.5) is 34.1 Å². The normalized spacial score (nSPS) is 12.3. The first kappa shape index (κ1) is 34.8. The Morgan fingerprint density at radius 3 is 1.59 bits per heavy atom. The summed E-state index contributed by atoms with van der Waals surface area (Å²) < 4.78 is 38.6. The monoisotopic (exact) mass is 751 g/mol. The molecule has 8 heteroatoms. The van der Waals surface area contributed by atoms with Gasteiger partial charge >= 0.3 is 0 Å². The van der Waals surface area contributed by atoms with E-state index in [0.717, 1.165) is 67.3 Å². The van der Waals surface area contributed by atoms with E-state index in [1.807, 2.05) is 36.4 Å². The van der Waals surface area contributed by atoms with Crippen LogP contribution in [-0.4, -0.2) is 27.6 Å². The summed E-state index contributed by atoms with van der Waals surface area (Å²) in [7, 11) is -0.415. The number of ether oxygens (including phenoxy) is 2. The highest BCUT2D eigenvalue weighted by Gasteiger charge is 2.32. The molecule has 2 heterocycles. The summed E-state index contributed by atoms with van der Waals surface area (Å²) in [6.07, 6.45) is 0. The fourth-order valence-electron chi connectivity index (χ4n) is 7.61. The van der Waals surface area contributed by atoms with Crippen LogP contribution in [0.2, 0.25) is 0 Å². The van der Waals surface area contributed by atoms with E-state index < -0.39 is 9.84 Å². The highest BCUT2D eigenvalue weighted by atomic mass is 32.2. The predicted molar refractivity (Wildman–Crippen MR) is 225 cm³/mol. The number of anilines is 6. The smallest absolute Gasteiger partial charge is 0.206 e. The van der Waals surface area contributed by atoms with Crippen LogP contribution in [0.1, 0.15) is 5.56 Å². The molecule has 0 saturated carbocycles. The van der Waals surface area contributed by atoms with E-state index in [2.05, 4.69) is 108 Å². The predicted octanol–water partition coefficient (Wildman–Crippen LogP) is 12.0. The number of aromatic nitrogens is 1. The van der Waals surface area contributed by atoms with Gasteiger partial charge in [0.1, 0.15) is 11.5 Å². The summed E-state index contributed by atoms with van der Waals surface area (Å²) in [5, 5.41) is 0.977. The summed E-state index contributed by atoms with van der Waals surface area (Å²) in [5.74, 6) is 1.32. The Bertz CT molecular complexity index is 2790. The molecule has 0 spiro atoms. The molecule has 0 fully saturated rings. The van der Waals surface area contributed by atoms with Gasteiger partial charge in [-0.15, -0.1) is 0 Å². The van der Waals surface area contributed by atoms with Crippen molar-refractivity contribution in [1.82, 2.24) is 4.98 Å². The minimum absolute atomic E-state index is 0.215. The zero-order valence-corrected chi connectivity index (χ0v) is 31.9. The molecule has 1 aliphatic rings. The number of pyridine rings is 1. The number of fused-ring (bicyclic) bond motifs is 3. The third-order valence-electron chi connectivity index (χ3n) is 10.3. The van der Waals surface area contributed by atoms with Crippen molar-refractivity contribution < 1.29 is 17.9 Å². The number of hydrogen-bond acceptors (Lipinski definition) is 7. The summed E-state index contributed by atoms with van der Waals surface area (Å²) in [6, 6.07) is 55.0. The highest BCUT2D eigenvalue weighted by Crippen LogP contribution is 2.55. The van der Waals surface area contributed by atoms with Crippen LogP contribution in [-0.2, 0) is 9.84 Å². The van der Waals surface area contributed by atoms with Crippen molar-refractivity contribution in [2.24, 2.45) is 0 Å². The van der Waals surface area contributed by atoms with Gasteiger partial charge < -0.3 is 19.3 Å². The maximum atomic E-state index is 13.5. The standard InChI is InChI=1S/C48H37N3O4S/c1-32-22-27-46(51-44-20-12-10-18-42(44)50(35-14-6-4-7-15-35)43-19-11-13-21-45(43)51)48-47(32)40(34-28-36(54-2)30-37(29-34)55-3)31-41(49-48)33-23-25-39(26-24-33)56(52,53)38-16-8-5-9-17-38/h4-31H,1-3H3. The number of para-hydroxylation sites is 5. The maximum Gasteiger partial charge on any atom is 0.206 e. The van der Waals surface area contributed by atoms with Crippen molar-refractivity contribution in [2.45, 2.75) is 16.7 Å². The number of sulfone groups is 1. The summed E-state index contributed by atoms with van der Waals surface area (Å²) in [4.78, 5) is 10.5. The molecule has 8 aromatic rings. The second kappa shape index (κ2) is 14.1. The molecule has 274 valence electrons. The molecule has 0 aliphatic carbocycles. The first-order valence-electron chi connectivity index (χ1n) is 18.3. The zero-order chi connectivity index (χ0) is 38.4. The van der Waals surface area contributed by atoms with Gasteiger partial charge in [-0.3, -0.25) is 0 Å². The zero-order valence-electron chi connectivity index (χ0n) is 31.0. The van der Waals surface area contributed by atoms with Gasteiger partial charge in [-0.25, -0.2) is 13.4 Å². The lowest BCUT2D eigenvalue weighted by molar-refractivity contribution is 0.394. The van der Waals surface area contributed by atoms with Crippen molar-refractivity contribution in [2.75, 3.05) is 24.0 Å². The fraction of sp³-hybridized carbons (Fsp3) is 0.0625. The molecule has 56 heavy (non-hydrogen) atoms. The SMILES string of the molecule is COc1cc(OC)cc(-c2cc(-c3ccc(S(=O)(=O)c4ccccc4)cc3)nc3c(N4c5ccccc5N(c5ccccc5)c5ccccc54)ccc(C)c23)c1. The van der Waals surface area contributed by atoms with E-state index in [0.29, 0.717) is 17.2 Å². The van der Waals surface area contributed by atoms with Crippen LogP contribution in [0.5, 0.6) is 11.5 Å². The van der Waals surface area contributed by atoms with E-state index >= 15 is 0 Å². The van der Waals surface area contributed by atoms with Crippen LogP contribution in [0, 0.1) is 6.92 Å². The van der Waals surface area contributed by atoms with Crippen LogP contribution in [0.15, 0.2) is 180 Å². The van der Waals surface area contributed by atoms with Crippen molar-refractivity contribution in [3.8, 4) is 33.9 Å². The van der Waals surface area contributed by atoms with Gasteiger partial charge in [0, 0.05) is 22.7 Å². The lowest BCUT2D eigenvalue weighted by Crippen LogP contribution is -2.24. The second-order valence-electron chi connectivity index (χ2n) is 13.6. The first-order valence-corrected chi connectivity index (χ1v) is 19.8. The number of nitrogens with zero attached hydrogens (tertiary/aromatic N) is 3. The Kier molecular flexibility index (Phi) is 8.75. The molecular formula is C48H37N3O4S. The van der Waals surface area contributed by atoms with E-state index in [4.69, 9.17) is 14.5 Å². The Labute approximate surface area is 326 Å². The molecule has 0 N–H and O–H groups in total. The highest BCUT2D eigenvalue weighted by molar-refractivity contribution is 7.91. The summed E-state index contributed by atoms with van der Waals surface area (Å²) in [5.41, 5.74) is 11.2. The Morgan fingerprint density at radius 1 is 0.500 bits per heavy atom. The molecular weight excluding hydrogens is 715 g/mol. The minimum atomic E-state index is -3.71. The van der Waals surface area contributed by atoms with Gasteiger partial charge in [0.2, 0.25) is 9.84 Å². The molecule has 1 aliphatic heterocycles. The van der Waals surface area contributed by atoms with Crippen molar-refractivity contribution in [3.05, 3.63) is 175 Å². The molecule has 7 aromatic carbocycles. The Morgan fingerprint density at radius 2 is 1.02 bits per heavy atom. The largest absolute Gasteiger partial charge is 0.497 e. The van der Waals surface area contributed by atoms with Crippen LogP contribution in [0.3, 0.4) is 0 Å². The lowest BCUT2D eigenvalue weighted by atomic mass is 9.94. The minimum Gasteiger partial charge on any atom is -0.497 e. The van der Waals surface area contributed by atoms with Crippen LogP contribution < -0.4 is 19.3 Å². The van der Waals surface area contributed by atoms with Crippen molar-refractivity contribution in [3.63, 3.8) is 0 Å². The maximum absolute atomic E-state index is 13.5. The van der Waals surface area contributed by atoms with Crippen LogP contribution >= 0.6 is 0 Å². The number of benzene rings is 7. The Hall–Kier alpha value is -6.90. The van der Waals surface area contributed by atoms with Crippen molar-refractivity contribution >= 4 is 54.9 Å². The number of aryl methyl sites for hydroxylation is 1. The second-order valence-corrected chi connectivity index (χ2v) is 15.6. The third-order valence-corrected chi connectivity index (χ3v) is 12.1. The van der Waals surface area contributed by atoms with Crippen LogP contribution in [0.25, 0.3) is 33.3 Å². The topological polar surface area (TPSA) is 72.0 Å². The summed E-state index contributed by atoms with van der Waals surface area (Å²) in [6.45, 7) is 2.10. The van der Waals surface area contributed by atoms with Crippen molar-refractivity contribution in [1.29, 1.82) is 0 Å². The fourth-order valence-corrected chi connectivity index (χ4v) is 8.90. The molecule has 0 atom stereocenters. The molecule has 1 aromatic heterocycles. The van der Waals surface area contributed by atoms with E-state index in [-0.39, 0.29) is 9.79 Å². The number of rotatable bonds is 8. The molecule has 9 rings (SSSR count). The molecule has 0 bridgehead atoms. The lowest BCUT2D eigenvalue weighted by Gasteiger charge is -2.40. The van der Waals surface area contributed by atoms with Gasteiger partial charge in [-0.1, -0.05) is 78.9 Å². The first-order chi connectivity index (χ1) is 27.4. The van der Waals surface area contributed by atoms with Gasteiger partial charge in [-0.2, -0.15) is 0 Å². The van der Waals surface area contributed by atoms with E-state index in [9.17, 15) is 8.42 Å². The molecule has 0 radical (unpaired) electrons. The van der Waals surface area contributed by atoms with Gasteiger partial charge in [0.15, 0.2) is 0 Å². The van der Waals surface area contributed by atoms with E-state index in [1.54, 1.807) is 56.7 Å². The summed E-state index contributed by atoms with van der Waals surface area (Å²) >= 11 is 0. The van der Waals surface area contributed by atoms with E-state index in [1.165, 1.54) is 0 Å². The van der Waals surface area contributed by atoms with Gasteiger partial charge in [0.05, 0.1) is 63.7 Å². The Balaban J connectivity index is 1.30. The quantitative estimate of drug-likeness (QED) is 0.153. The molecule has 0 unspecified atom stereocenters. The molecule has 7 nitrogen and oxygen atoms in total. The van der Waals surface area contributed by atoms with Gasteiger partial charge in [-0.05, 0) is 109 Å². The molecule has 0 saturated heterocycles. The molecule has 0 amide bonds.